The molecule has 0 heterocycles. The van der Waals surface area contributed by atoms with Gasteiger partial charge in [-0.15, -0.1) is 0 Å². The van der Waals surface area contributed by atoms with Crippen molar-refractivity contribution in [1.29, 1.82) is 0 Å². The summed E-state index contributed by atoms with van der Waals surface area (Å²) in [6.07, 6.45) is 2.61. The summed E-state index contributed by atoms with van der Waals surface area (Å²) < 4.78 is 5.09. The molecule has 0 saturated heterocycles. The number of hydrogen-bond donors (Lipinski definition) is 3. The summed E-state index contributed by atoms with van der Waals surface area (Å²) >= 11 is 0. The van der Waals surface area contributed by atoms with Gasteiger partial charge in [-0.25, -0.2) is 5.48 Å². The number of benzene rings is 2. The molecule has 0 aliphatic carbocycles. The lowest BCUT2D eigenvalue weighted by Crippen LogP contribution is -2.23. The van der Waals surface area contributed by atoms with Crippen molar-refractivity contribution in [3.63, 3.8) is 0 Å². The molecule has 0 saturated carbocycles. The van der Waals surface area contributed by atoms with E-state index in [4.69, 9.17) is 9.94 Å². The van der Waals surface area contributed by atoms with Crippen LogP contribution in [0, 0.1) is 0 Å². The van der Waals surface area contributed by atoms with Gasteiger partial charge >= 0.3 is 0 Å². The number of nitrogens with one attached hydrogen (secondary N) is 2. The molecule has 6 heteroatoms. The summed E-state index contributed by atoms with van der Waals surface area (Å²) in [5, 5.41) is 11.3. The van der Waals surface area contributed by atoms with E-state index in [0.29, 0.717) is 17.7 Å². The first-order valence-electron chi connectivity index (χ1n) is 7.26. The predicted octanol–water partition coefficient (Wildman–Crippen LogP) is 2.14. The van der Waals surface area contributed by atoms with Gasteiger partial charge < -0.3 is 10.1 Å². The molecule has 0 bridgehead atoms. The van der Waals surface area contributed by atoms with E-state index in [1.807, 2.05) is 24.3 Å². The number of rotatable bonds is 6. The van der Waals surface area contributed by atoms with Crippen LogP contribution in [0.2, 0.25) is 0 Å². The van der Waals surface area contributed by atoms with Crippen molar-refractivity contribution in [1.82, 2.24) is 10.8 Å². The van der Waals surface area contributed by atoms with Crippen molar-refractivity contribution in [2.45, 2.75) is 6.54 Å². The highest BCUT2D eigenvalue weighted by Crippen LogP contribution is 2.13. The van der Waals surface area contributed by atoms with Gasteiger partial charge in [0.2, 0.25) is 0 Å². The Kier molecular flexibility index (Phi) is 6.10. The van der Waals surface area contributed by atoms with Crippen LogP contribution in [0.25, 0.3) is 6.08 Å². The van der Waals surface area contributed by atoms with Crippen LogP contribution in [0.1, 0.15) is 21.5 Å². The highest BCUT2D eigenvalue weighted by atomic mass is 16.5. The molecular weight excluding hydrogens is 308 g/mol. The van der Waals surface area contributed by atoms with E-state index in [-0.39, 0.29) is 5.91 Å². The first kappa shape index (κ1) is 17.2. The van der Waals surface area contributed by atoms with Crippen LogP contribution < -0.4 is 15.5 Å². The van der Waals surface area contributed by atoms with Gasteiger partial charge in [-0.05, 0) is 35.4 Å². The van der Waals surface area contributed by atoms with Gasteiger partial charge in [0.25, 0.3) is 11.8 Å². The Morgan fingerprint density at radius 1 is 1.12 bits per heavy atom. The second-order valence-corrected chi connectivity index (χ2v) is 4.93. The summed E-state index contributed by atoms with van der Waals surface area (Å²) in [7, 11) is 1.60. The maximum Gasteiger partial charge on any atom is 0.267 e. The van der Waals surface area contributed by atoms with E-state index in [1.54, 1.807) is 31.4 Å². The average Bonchev–Trinajstić information content (AvgIpc) is 2.64. The zero-order valence-corrected chi connectivity index (χ0v) is 13.2. The SMILES string of the molecule is COc1ccc(CNC(=O)c2ccccc2C=CC(=O)NO)cc1. The minimum atomic E-state index is -0.663. The monoisotopic (exact) mass is 326 g/mol. The number of amides is 2. The molecule has 2 amide bonds. The maximum absolute atomic E-state index is 12.4. The van der Waals surface area contributed by atoms with Gasteiger partial charge in [0, 0.05) is 18.2 Å². The van der Waals surface area contributed by atoms with Crippen LogP contribution in [0.3, 0.4) is 0 Å². The van der Waals surface area contributed by atoms with Crippen molar-refractivity contribution >= 4 is 17.9 Å². The third kappa shape index (κ3) is 4.69. The van der Waals surface area contributed by atoms with E-state index < -0.39 is 5.91 Å². The van der Waals surface area contributed by atoms with Crippen molar-refractivity contribution in [3.05, 3.63) is 71.3 Å². The van der Waals surface area contributed by atoms with Gasteiger partial charge in [-0.3, -0.25) is 14.8 Å². The topological polar surface area (TPSA) is 87.7 Å². The number of hydroxylamine groups is 1. The van der Waals surface area contributed by atoms with E-state index in [2.05, 4.69) is 5.32 Å². The second kappa shape index (κ2) is 8.50. The third-order valence-corrected chi connectivity index (χ3v) is 3.34. The van der Waals surface area contributed by atoms with E-state index in [0.717, 1.165) is 17.4 Å². The van der Waals surface area contributed by atoms with Gasteiger partial charge in [0.1, 0.15) is 5.75 Å². The van der Waals surface area contributed by atoms with E-state index in [1.165, 1.54) is 11.6 Å². The molecule has 0 atom stereocenters. The van der Waals surface area contributed by atoms with E-state index in [9.17, 15) is 9.59 Å². The Hall–Kier alpha value is -3.12. The lowest BCUT2D eigenvalue weighted by atomic mass is 10.1. The fourth-order valence-electron chi connectivity index (χ4n) is 2.07. The molecule has 0 fully saturated rings. The Morgan fingerprint density at radius 3 is 2.50 bits per heavy atom. The molecule has 0 aliphatic heterocycles. The normalized spacial score (nSPS) is 10.4. The summed E-state index contributed by atoms with van der Waals surface area (Å²) in [5.41, 5.74) is 3.46. The molecule has 0 unspecified atom stereocenters. The molecule has 24 heavy (non-hydrogen) atoms. The van der Waals surface area contributed by atoms with Crippen molar-refractivity contribution < 1.29 is 19.5 Å². The average molecular weight is 326 g/mol. The Bertz CT molecular complexity index is 739. The van der Waals surface area contributed by atoms with Crippen molar-refractivity contribution in [3.8, 4) is 5.75 Å². The molecule has 2 rings (SSSR count). The third-order valence-electron chi connectivity index (χ3n) is 3.34. The van der Waals surface area contributed by atoms with Crippen molar-refractivity contribution in [2.75, 3.05) is 7.11 Å². The van der Waals surface area contributed by atoms with Crippen LogP contribution in [0.5, 0.6) is 5.75 Å². The molecule has 0 radical (unpaired) electrons. The fourth-order valence-corrected chi connectivity index (χ4v) is 2.07. The molecule has 3 N–H and O–H groups in total. The van der Waals surface area contributed by atoms with Gasteiger partial charge in [0.15, 0.2) is 0 Å². The van der Waals surface area contributed by atoms with Crippen molar-refractivity contribution in [2.24, 2.45) is 0 Å². The highest BCUT2D eigenvalue weighted by molar-refractivity contribution is 5.99. The number of methoxy groups -OCH3 is 1. The van der Waals surface area contributed by atoms with Gasteiger partial charge in [-0.2, -0.15) is 0 Å². The summed E-state index contributed by atoms with van der Waals surface area (Å²) in [4.78, 5) is 23.4. The fraction of sp³-hybridized carbons (Fsp3) is 0.111. The number of ether oxygens (including phenoxy) is 1. The molecule has 2 aromatic carbocycles. The number of hydrogen-bond acceptors (Lipinski definition) is 4. The van der Waals surface area contributed by atoms with Crippen LogP contribution in [0.15, 0.2) is 54.6 Å². The first-order valence-corrected chi connectivity index (χ1v) is 7.26. The first-order chi connectivity index (χ1) is 11.6. The molecule has 124 valence electrons. The highest BCUT2D eigenvalue weighted by Gasteiger charge is 2.09. The second-order valence-electron chi connectivity index (χ2n) is 4.93. The van der Waals surface area contributed by atoms with Gasteiger partial charge in [-0.1, -0.05) is 30.3 Å². The molecular formula is C18H18N2O4. The minimum Gasteiger partial charge on any atom is -0.497 e. The Labute approximate surface area is 139 Å². The van der Waals surface area contributed by atoms with Crippen LogP contribution in [0.4, 0.5) is 0 Å². The molecule has 2 aromatic rings. The maximum atomic E-state index is 12.4. The van der Waals surface area contributed by atoms with E-state index >= 15 is 0 Å². The lowest BCUT2D eigenvalue weighted by Gasteiger charge is -2.08. The van der Waals surface area contributed by atoms with Crippen LogP contribution >= 0.6 is 0 Å². The number of carbonyl (C=O) groups excluding carboxylic acids is 2. The molecule has 6 nitrogen and oxygen atoms in total. The Morgan fingerprint density at radius 2 is 1.83 bits per heavy atom. The smallest absolute Gasteiger partial charge is 0.267 e. The molecule has 0 spiro atoms. The summed E-state index contributed by atoms with van der Waals surface area (Å²) in [5.74, 6) is -0.165. The molecule has 0 aromatic heterocycles. The van der Waals surface area contributed by atoms with Crippen LogP contribution in [-0.2, 0) is 11.3 Å². The zero-order chi connectivity index (χ0) is 17.4. The zero-order valence-electron chi connectivity index (χ0n) is 13.2. The van der Waals surface area contributed by atoms with Gasteiger partial charge in [0.05, 0.1) is 7.11 Å². The standard InChI is InChI=1S/C18H18N2O4/c1-24-15-9-6-13(7-10-15)12-19-18(22)16-5-3-2-4-14(16)8-11-17(21)20-23/h2-11,23H,12H2,1H3,(H,19,22)(H,20,21). The summed E-state index contributed by atoms with van der Waals surface area (Å²) in [6.45, 7) is 0.373. The molecule has 0 aliphatic rings. The quantitative estimate of drug-likeness (QED) is 0.431. The lowest BCUT2D eigenvalue weighted by molar-refractivity contribution is -0.124. The Balaban J connectivity index is 2.06. The minimum absolute atomic E-state index is 0.254. The predicted molar refractivity (Wildman–Crippen MR) is 89.6 cm³/mol. The number of carbonyl (C=O) groups is 2. The van der Waals surface area contributed by atoms with Crippen LogP contribution in [-0.4, -0.2) is 24.1 Å². The largest absolute Gasteiger partial charge is 0.497 e. The summed E-state index contributed by atoms with van der Waals surface area (Å²) in [6, 6.07) is 14.3.